The molecular weight excluding hydrogens is 302 g/mol. The number of aryl methyl sites for hydroxylation is 1. The van der Waals surface area contributed by atoms with Crippen molar-refractivity contribution >= 4 is 29.1 Å². The van der Waals surface area contributed by atoms with E-state index in [1.807, 2.05) is 22.9 Å². The predicted molar refractivity (Wildman–Crippen MR) is 88.9 cm³/mol. The molecule has 21 heavy (non-hydrogen) atoms. The molecular formula is C15H23N3OS2. The summed E-state index contributed by atoms with van der Waals surface area (Å²) in [6.45, 7) is 7.27. The van der Waals surface area contributed by atoms with Gasteiger partial charge in [-0.1, -0.05) is 6.92 Å². The molecule has 1 saturated carbocycles. The molecule has 0 radical (unpaired) electrons. The molecule has 1 aliphatic carbocycles. The molecule has 3 atom stereocenters. The van der Waals surface area contributed by atoms with Crippen LogP contribution in [0, 0.1) is 12.8 Å². The molecule has 6 heteroatoms. The Hall–Kier alpha value is -0.750. The van der Waals surface area contributed by atoms with Crippen LogP contribution in [-0.2, 0) is 0 Å². The van der Waals surface area contributed by atoms with Crippen LogP contribution in [0.1, 0.15) is 42.6 Å². The zero-order valence-corrected chi connectivity index (χ0v) is 14.5. The number of thioether (sulfide) groups is 1. The Morgan fingerprint density at radius 3 is 2.86 bits per heavy atom. The summed E-state index contributed by atoms with van der Waals surface area (Å²) in [5.41, 5.74) is 0. The summed E-state index contributed by atoms with van der Waals surface area (Å²) < 4.78 is 0. The van der Waals surface area contributed by atoms with Crippen LogP contribution in [0.4, 0.5) is 4.79 Å². The largest absolute Gasteiger partial charge is 0.328 e. The van der Waals surface area contributed by atoms with E-state index in [1.54, 1.807) is 11.3 Å². The highest BCUT2D eigenvalue weighted by Gasteiger charge is 2.37. The van der Waals surface area contributed by atoms with E-state index < -0.39 is 0 Å². The van der Waals surface area contributed by atoms with Crippen LogP contribution < -0.4 is 5.32 Å². The fraction of sp³-hybridized carbons (Fsp3) is 0.733. The van der Waals surface area contributed by atoms with Gasteiger partial charge in [-0.15, -0.1) is 11.3 Å². The second-order valence-electron chi connectivity index (χ2n) is 6.08. The van der Waals surface area contributed by atoms with Gasteiger partial charge in [-0.05, 0) is 32.6 Å². The van der Waals surface area contributed by atoms with Gasteiger partial charge in [0.15, 0.2) is 0 Å². The van der Waals surface area contributed by atoms with Crippen LogP contribution in [0.3, 0.4) is 0 Å². The smallest absolute Gasteiger partial charge is 0.318 e. The summed E-state index contributed by atoms with van der Waals surface area (Å²) >= 11 is 3.66. The van der Waals surface area contributed by atoms with Crippen molar-refractivity contribution < 1.29 is 4.79 Å². The lowest BCUT2D eigenvalue weighted by Crippen LogP contribution is -2.52. The Morgan fingerprint density at radius 1 is 1.48 bits per heavy atom. The van der Waals surface area contributed by atoms with Gasteiger partial charge in [-0.25, -0.2) is 9.78 Å². The highest BCUT2D eigenvalue weighted by atomic mass is 32.2. The Morgan fingerprint density at radius 2 is 2.24 bits per heavy atom. The van der Waals surface area contributed by atoms with Crippen LogP contribution in [0.2, 0.25) is 0 Å². The first kappa shape index (κ1) is 15.2. The Bertz CT molecular complexity index is 515. The Kier molecular flexibility index (Phi) is 4.45. The summed E-state index contributed by atoms with van der Waals surface area (Å²) in [5.74, 6) is 1.61. The Balaban J connectivity index is 1.69. The Labute approximate surface area is 134 Å². The monoisotopic (exact) mass is 325 g/mol. The first-order valence-electron chi connectivity index (χ1n) is 7.67. The van der Waals surface area contributed by atoms with Gasteiger partial charge in [-0.2, -0.15) is 11.8 Å². The maximum atomic E-state index is 12.7. The summed E-state index contributed by atoms with van der Waals surface area (Å²) in [6, 6.07) is 0.481. The minimum atomic E-state index is 0.0828. The van der Waals surface area contributed by atoms with Crippen LogP contribution in [-0.4, -0.2) is 39.5 Å². The van der Waals surface area contributed by atoms with E-state index in [1.165, 1.54) is 17.7 Å². The number of aromatic nitrogens is 1. The minimum absolute atomic E-state index is 0.0828. The van der Waals surface area contributed by atoms with Crippen molar-refractivity contribution in [1.82, 2.24) is 15.2 Å². The van der Waals surface area contributed by atoms with Crippen molar-refractivity contribution in [3.05, 3.63) is 16.1 Å². The molecule has 116 valence electrons. The van der Waals surface area contributed by atoms with Crippen LogP contribution >= 0.6 is 23.1 Å². The van der Waals surface area contributed by atoms with Gasteiger partial charge in [0.2, 0.25) is 0 Å². The number of urea groups is 1. The second kappa shape index (κ2) is 6.16. The lowest BCUT2D eigenvalue weighted by molar-refractivity contribution is 0.175. The van der Waals surface area contributed by atoms with Crippen molar-refractivity contribution in [2.45, 2.75) is 50.9 Å². The number of thiazole rings is 1. The summed E-state index contributed by atoms with van der Waals surface area (Å²) in [7, 11) is 0. The van der Waals surface area contributed by atoms with E-state index in [9.17, 15) is 4.79 Å². The van der Waals surface area contributed by atoms with Gasteiger partial charge >= 0.3 is 6.03 Å². The molecule has 0 aromatic carbocycles. The van der Waals surface area contributed by atoms with Crippen molar-refractivity contribution in [2.75, 3.05) is 12.3 Å². The first-order chi connectivity index (χ1) is 10.1. The highest BCUT2D eigenvalue weighted by molar-refractivity contribution is 8.00. The number of carbonyl (C=O) groups is 1. The molecule has 2 fully saturated rings. The molecule has 0 bridgehead atoms. The molecule has 0 unspecified atom stereocenters. The molecule has 1 saturated heterocycles. The van der Waals surface area contributed by atoms with Gasteiger partial charge in [-0.3, -0.25) is 0 Å². The van der Waals surface area contributed by atoms with Gasteiger partial charge in [0.05, 0.1) is 6.04 Å². The molecule has 2 amide bonds. The SMILES string of the molecule is Cc1cnc([C@H](NC(=O)N2CCS[C@@H](C)[C@H]2C)C2CC2)s1. The fourth-order valence-corrected chi connectivity index (χ4v) is 4.78. The summed E-state index contributed by atoms with van der Waals surface area (Å²) in [6.07, 6.45) is 4.31. The predicted octanol–water partition coefficient (Wildman–Crippen LogP) is 3.44. The third-order valence-corrected chi connectivity index (χ3v) is 6.76. The van der Waals surface area contributed by atoms with Crippen LogP contribution in [0.5, 0.6) is 0 Å². The van der Waals surface area contributed by atoms with Crippen molar-refractivity contribution in [3.8, 4) is 0 Å². The molecule has 2 heterocycles. The normalized spacial score (nSPS) is 27.5. The van der Waals surface area contributed by atoms with E-state index in [0.29, 0.717) is 17.2 Å². The average Bonchev–Trinajstić information content (AvgIpc) is 3.20. The number of rotatable bonds is 3. The van der Waals surface area contributed by atoms with E-state index in [4.69, 9.17) is 0 Å². The minimum Gasteiger partial charge on any atom is -0.328 e. The third-order valence-electron chi connectivity index (χ3n) is 4.42. The third kappa shape index (κ3) is 3.37. The second-order valence-corrected chi connectivity index (χ2v) is 8.84. The van der Waals surface area contributed by atoms with E-state index in [0.717, 1.165) is 17.3 Å². The fourth-order valence-electron chi connectivity index (χ4n) is 2.76. The van der Waals surface area contributed by atoms with Gasteiger partial charge in [0.1, 0.15) is 5.01 Å². The topological polar surface area (TPSA) is 45.2 Å². The van der Waals surface area contributed by atoms with E-state index in [-0.39, 0.29) is 12.1 Å². The van der Waals surface area contributed by atoms with Crippen LogP contribution in [0.15, 0.2) is 6.20 Å². The summed E-state index contributed by atoms with van der Waals surface area (Å²) in [4.78, 5) is 20.4. The molecule has 0 spiro atoms. The number of hydrogen-bond acceptors (Lipinski definition) is 4. The molecule has 3 rings (SSSR count). The maximum absolute atomic E-state index is 12.7. The standard InChI is InChI=1S/C15H23N3OS2/c1-9-8-16-14(21-9)13(12-4-5-12)17-15(19)18-6-7-20-11(3)10(18)2/h8,10-13H,4-7H2,1-3H3,(H,17,19)/t10-,11+,13-/m1/s1. The van der Waals surface area contributed by atoms with Crippen molar-refractivity contribution in [3.63, 3.8) is 0 Å². The van der Waals surface area contributed by atoms with Gasteiger partial charge in [0.25, 0.3) is 0 Å². The molecule has 1 aliphatic heterocycles. The molecule has 2 aliphatic rings. The number of nitrogens with one attached hydrogen (secondary N) is 1. The first-order valence-corrected chi connectivity index (χ1v) is 9.54. The van der Waals surface area contributed by atoms with Crippen LogP contribution in [0.25, 0.3) is 0 Å². The highest BCUT2D eigenvalue weighted by Crippen LogP contribution is 2.42. The maximum Gasteiger partial charge on any atom is 0.318 e. The average molecular weight is 326 g/mol. The lowest BCUT2D eigenvalue weighted by atomic mass is 10.2. The molecule has 1 aromatic rings. The number of nitrogens with zero attached hydrogens (tertiary/aromatic N) is 2. The molecule has 4 nitrogen and oxygen atoms in total. The lowest BCUT2D eigenvalue weighted by Gasteiger charge is -2.38. The zero-order valence-electron chi connectivity index (χ0n) is 12.8. The van der Waals surface area contributed by atoms with Gasteiger partial charge < -0.3 is 10.2 Å². The quantitative estimate of drug-likeness (QED) is 0.926. The zero-order chi connectivity index (χ0) is 15.0. The number of hydrogen-bond donors (Lipinski definition) is 1. The molecule has 1 N–H and O–H groups in total. The molecule has 1 aromatic heterocycles. The van der Waals surface area contributed by atoms with E-state index >= 15 is 0 Å². The van der Waals surface area contributed by atoms with Crippen molar-refractivity contribution in [2.24, 2.45) is 5.92 Å². The number of amides is 2. The van der Waals surface area contributed by atoms with Gasteiger partial charge in [0, 0.05) is 34.7 Å². The van der Waals surface area contributed by atoms with Crippen molar-refractivity contribution in [1.29, 1.82) is 0 Å². The summed E-state index contributed by atoms with van der Waals surface area (Å²) in [5, 5.41) is 4.83. The number of carbonyl (C=O) groups excluding carboxylic acids is 1. The van der Waals surface area contributed by atoms with E-state index in [2.05, 4.69) is 31.1 Å².